The van der Waals surface area contributed by atoms with Crippen molar-refractivity contribution in [1.29, 1.82) is 0 Å². The first kappa shape index (κ1) is 22.2. The Labute approximate surface area is 173 Å². The number of fused-ring (bicyclic) bond motifs is 1. The van der Waals surface area contributed by atoms with Gasteiger partial charge in [-0.3, -0.25) is 9.59 Å². The van der Waals surface area contributed by atoms with Crippen molar-refractivity contribution in [2.45, 2.75) is 50.6 Å². The molecule has 30 heavy (non-hydrogen) atoms. The lowest BCUT2D eigenvalue weighted by molar-refractivity contribution is -0.142. The van der Waals surface area contributed by atoms with Crippen molar-refractivity contribution in [3.63, 3.8) is 0 Å². The van der Waals surface area contributed by atoms with E-state index in [9.17, 15) is 29.5 Å². The molecule has 1 saturated heterocycles. The number of hydrogen-bond acceptors (Lipinski definition) is 8. The number of carboxylic acids is 1. The number of nitrogens with two attached hydrogens (primary N) is 2. The maximum Gasteiger partial charge on any atom is 0.339 e. The van der Waals surface area contributed by atoms with Crippen molar-refractivity contribution in [2.24, 2.45) is 11.5 Å². The standard InChI is InChI=1S/C19H27BN3O7/c1-10(21)15(24)6-14(22)18(25)23-8-12(9-23)30-16-3-2-11-4-5-20(28,29)7-13(11)17(16)19(26)27/h2-3,10,12,14,28-29H,4-9,21-22H2,1H3,(H,26,27)/q-1/t10-,14+/m1/s1. The molecule has 3 rings (SSSR count). The summed E-state index contributed by atoms with van der Waals surface area (Å²) < 4.78 is 5.80. The number of rotatable bonds is 7. The van der Waals surface area contributed by atoms with Crippen LogP contribution in [0.1, 0.15) is 34.8 Å². The first-order chi connectivity index (χ1) is 14.0. The van der Waals surface area contributed by atoms with E-state index in [0.29, 0.717) is 12.0 Å². The van der Waals surface area contributed by atoms with Gasteiger partial charge in [-0.1, -0.05) is 18.1 Å². The zero-order valence-electron chi connectivity index (χ0n) is 16.8. The summed E-state index contributed by atoms with van der Waals surface area (Å²) in [7, 11) is 0. The van der Waals surface area contributed by atoms with Gasteiger partial charge in [0, 0.05) is 6.42 Å². The van der Waals surface area contributed by atoms with Crippen molar-refractivity contribution < 1.29 is 34.3 Å². The third-order valence-corrected chi connectivity index (χ3v) is 5.69. The molecule has 7 N–H and O–H groups in total. The lowest BCUT2D eigenvalue weighted by Gasteiger charge is -2.41. The topological polar surface area (TPSA) is 176 Å². The van der Waals surface area contributed by atoms with E-state index in [0.717, 1.165) is 5.56 Å². The number of carboxylic acid groups (broad SMARTS) is 1. The molecule has 0 aromatic heterocycles. The summed E-state index contributed by atoms with van der Waals surface area (Å²) in [4.78, 5) is 37.3. The minimum absolute atomic E-state index is 0.0782. The Kier molecular flexibility index (Phi) is 6.18. The van der Waals surface area contributed by atoms with Crippen molar-refractivity contribution in [1.82, 2.24) is 4.90 Å². The van der Waals surface area contributed by atoms with Gasteiger partial charge in [-0.25, -0.2) is 4.79 Å². The lowest BCUT2D eigenvalue weighted by atomic mass is 9.47. The number of Topliss-reactive ketones (excluding diaryl/α,β-unsaturated/α-hetero) is 1. The molecule has 0 bridgehead atoms. The van der Waals surface area contributed by atoms with Gasteiger partial charge in [0.05, 0.1) is 25.2 Å². The molecular weight excluding hydrogens is 393 g/mol. The molecule has 2 heterocycles. The smallest absolute Gasteiger partial charge is 0.339 e. The van der Waals surface area contributed by atoms with Crippen molar-refractivity contribution >= 4 is 24.2 Å². The average Bonchev–Trinajstić information content (AvgIpc) is 2.61. The number of hydrogen-bond donors (Lipinski definition) is 5. The van der Waals surface area contributed by atoms with Crippen LogP contribution in [0.5, 0.6) is 5.75 Å². The van der Waals surface area contributed by atoms with Crippen LogP contribution in [0.4, 0.5) is 0 Å². The second kappa shape index (κ2) is 8.34. The zero-order chi connectivity index (χ0) is 22.2. The second-order valence-corrected chi connectivity index (χ2v) is 8.31. The molecule has 0 spiro atoms. The molecule has 1 fully saturated rings. The predicted octanol–water partition coefficient (Wildman–Crippen LogP) is -1.33. The number of amides is 1. The number of aromatic carboxylic acids is 1. The van der Waals surface area contributed by atoms with E-state index in [1.54, 1.807) is 12.1 Å². The Morgan fingerprint density at radius 2 is 1.93 bits per heavy atom. The second-order valence-electron chi connectivity index (χ2n) is 8.31. The minimum Gasteiger partial charge on any atom is -0.583 e. The molecular formula is C19H27BN3O7-. The first-order valence-electron chi connectivity index (χ1n) is 9.98. The molecule has 1 aromatic rings. The molecule has 2 aliphatic heterocycles. The van der Waals surface area contributed by atoms with Crippen LogP contribution in [0.15, 0.2) is 12.1 Å². The van der Waals surface area contributed by atoms with E-state index < -0.39 is 30.7 Å². The highest BCUT2D eigenvalue weighted by Crippen LogP contribution is 2.34. The molecule has 164 valence electrons. The Hall–Kier alpha value is -2.47. The number of benzene rings is 1. The third kappa shape index (κ3) is 4.64. The Bertz CT molecular complexity index is 868. The summed E-state index contributed by atoms with van der Waals surface area (Å²) in [6.45, 7) is -0.677. The van der Waals surface area contributed by atoms with E-state index in [4.69, 9.17) is 16.2 Å². The highest BCUT2D eigenvalue weighted by molar-refractivity contribution is 6.64. The monoisotopic (exact) mass is 420 g/mol. The predicted molar refractivity (Wildman–Crippen MR) is 108 cm³/mol. The molecule has 10 nitrogen and oxygen atoms in total. The normalized spacial score (nSPS) is 20.0. The van der Waals surface area contributed by atoms with E-state index in [-0.39, 0.29) is 55.2 Å². The van der Waals surface area contributed by atoms with Crippen molar-refractivity contribution in [2.75, 3.05) is 13.1 Å². The number of carbonyl (C=O) groups is 3. The maximum atomic E-state index is 12.3. The van der Waals surface area contributed by atoms with E-state index in [2.05, 4.69) is 0 Å². The van der Waals surface area contributed by atoms with Gasteiger partial charge in [0.2, 0.25) is 12.5 Å². The molecule has 1 amide bonds. The fourth-order valence-electron chi connectivity index (χ4n) is 3.88. The van der Waals surface area contributed by atoms with Crippen LogP contribution in [0.3, 0.4) is 0 Å². The van der Waals surface area contributed by atoms with Crippen LogP contribution in [0.25, 0.3) is 0 Å². The first-order valence-corrected chi connectivity index (χ1v) is 9.98. The van der Waals surface area contributed by atoms with Crippen molar-refractivity contribution in [3.05, 3.63) is 28.8 Å². The molecule has 2 aliphatic rings. The van der Waals surface area contributed by atoms with Gasteiger partial charge in [-0.15, -0.1) is 12.6 Å². The summed E-state index contributed by atoms with van der Waals surface area (Å²) in [5.41, 5.74) is 12.3. The highest BCUT2D eigenvalue weighted by Gasteiger charge is 2.37. The Morgan fingerprint density at radius 3 is 2.53 bits per heavy atom. The summed E-state index contributed by atoms with van der Waals surface area (Å²) >= 11 is 0. The number of carbonyl (C=O) groups excluding carboxylic acids is 2. The molecule has 11 heteroatoms. The van der Waals surface area contributed by atoms with Crippen LogP contribution < -0.4 is 16.2 Å². The fraction of sp³-hybridized carbons (Fsp3) is 0.526. The van der Waals surface area contributed by atoms with Crippen molar-refractivity contribution in [3.8, 4) is 5.75 Å². The highest BCUT2D eigenvalue weighted by atomic mass is 16.5. The molecule has 0 saturated carbocycles. The van der Waals surface area contributed by atoms with Gasteiger partial charge < -0.3 is 36.3 Å². The van der Waals surface area contributed by atoms with E-state index in [1.807, 2.05) is 0 Å². The summed E-state index contributed by atoms with van der Waals surface area (Å²) in [6, 6.07) is 1.63. The molecule has 1 aromatic carbocycles. The summed E-state index contributed by atoms with van der Waals surface area (Å²) in [5, 5.41) is 29.7. The number of nitrogens with zero attached hydrogens (tertiary/aromatic N) is 1. The van der Waals surface area contributed by atoms with Gasteiger partial charge in [-0.2, -0.15) is 0 Å². The van der Waals surface area contributed by atoms with Crippen LogP contribution in [-0.2, 0) is 22.3 Å². The summed E-state index contributed by atoms with van der Waals surface area (Å²) in [5.74, 6) is -1.77. The van der Waals surface area contributed by atoms with Crippen LogP contribution >= 0.6 is 0 Å². The van der Waals surface area contributed by atoms with E-state index >= 15 is 0 Å². The Balaban J connectivity index is 1.66. The molecule has 0 radical (unpaired) electrons. The van der Waals surface area contributed by atoms with Gasteiger partial charge in [0.1, 0.15) is 17.4 Å². The van der Waals surface area contributed by atoms with Crippen LogP contribution in [0.2, 0.25) is 6.32 Å². The molecule has 0 aliphatic carbocycles. The largest absolute Gasteiger partial charge is 0.583 e. The number of ether oxygens (including phenoxy) is 1. The fourth-order valence-corrected chi connectivity index (χ4v) is 3.88. The number of aryl methyl sites for hydroxylation is 1. The van der Waals surface area contributed by atoms with Gasteiger partial charge >= 0.3 is 5.97 Å². The lowest BCUT2D eigenvalue weighted by Crippen LogP contribution is -2.60. The molecule has 0 unspecified atom stereocenters. The van der Waals surface area contributed by atoms with Gasteiger partial charge in [0.15, 0.2) is 5.78 Å². The third-order valence-electron chi connectivity index (χ3n) is 5.69. The molecule has 2 atom stereocenters. The number of likely N-dealkylation sites (tertiary alicyclic amines) is 1. The minimum atomic E-state index is -2.63. The zero-order valence-corrected chi connectivity index (χ0v) is 16.8. The average molecular weight is 420 g/mol. The quantitative estimate of drug-likeness (QED) is 0.335. The Morgan fingerprint density at radius 1 is 1.27 bits per heavy atom. The van der Waals surface area contributed by atoms with Gasteiger partial charge in [-0.05, 0) is 18.6 Å². The maximum absolute atomic E-state index is 12.3. The van der Waals surface area contributed by atoms with E-state index in [1.165, 1.54) is 11.8 Å². The SMILES string of the molecule is C[C@@H](N)C(=O)C[C@H](N)C(=O)N1CC(Oc2ccc3c(c2C(=O)O)C[B-](O)(O)CC3)C1. The number of ketones is 1. The van der Waals surface area contributed by atoms with Crippen LogP contribution in [-0.4, -0.2) is 75.5 Å². The summed E-state index contributed by atoms with van der Waals surface area (Å²) in [6.07, 6.45) is -0.127. The van der Waals surface area contributed by atoms with Gasteiger partial charge in [0.25, 0.3) is 0 Å². The van der Waals surface area contributed by atoms with Crippen LogP contribution in [0, 0.1) is 0 Å².